The number of carbonyl (C=O) groups is 1. The minimum absolute atomic E-state index is 0.0891. The van der Waals surface area contributed by atoms with Crippen molar-refractivity contribution in [3.05, 3.63) is 58.6 Å². The molecule has 1 aliphatic rings. The van der Waals surface area contributed by atoms with Crippen LogP contribution in [0, 0.1) is 0 Å². The Kier molecular flexibility index (Phi) is 3.62. The molecule has 0 spiro atoms. The maximum atomic E-state index is 12.0. The van der Waals surface area contributed by atoms with Crippen LogP contribution >= 0.6 is 11.6 Å². The number of amides is 1. The molecule has 2 N–H and O–H groups in total. The number of halogens is 1. The van der Waals surface area contributed by atoms with E-state index < -0.39 is 5.92 Å². The molecular formula is C16H13ClN2O2. The summed E-state index contributed by atoms with van der Waals surface area (Å²) in [6.45, 7) is 0.477. The van der Waals surface area contributed by atoms with Gasteiger partial charge in [-0.2, -0.15) is 0 Å². The summed E-state index contributed by atoms with van der Waals surface area (Å²) in [5.41, 5.74) is 2.50. The fourth-order valence-corrected chi connectivity index (χ4v) is 2.54. The first-order valence-electron chi connectivity index (χ1n) is 6.53. The van der Waals surface area contributed by atoms with Gasteiger partial charge in [0.25, 0.3) is 0 Å². The van der Waals surface area contributed by atoms with E-state index in [-0.39, 0.29) is 11.7 Å². The second-order valence-electron chi connectivity index (χ2n) is 4.84. The summed E-state index contributed by atoms with van der Waals surface area (Å²) in [4.78, 5) is 16.3. The molecule has 3 rings (SSSR count). The zero-order chi connectivity index (χ0) is 14.8. The van der Waals surface area contributed by atoms with Gasteiger partial charge in [0.15, 0.2) is 0 Å². The lowest BCUT2D eigenvalue weighted by Gasteiger charge is -2.22. The van der Waals surface area contributed by atoms with Crippen LogP contribution in [-0.4, -0.2) is 17.2 Å². The number of aliphatic imine (C=N–C) groups is 1. The van der Waals surface area contributed by atoms with Gasteiger partial charge in [0.2, 0.25) is 5.91 Å². The Morgan fingerprint density at radius 2 is 2.14 bits per heavy atom. The maximum Gasteiger partial charge on any atom is 0.233 e. The van der Waals surface area contributed by atoms with Crippen LogP contribution < -0.4 is 5.32 Å². The molecule has 0 saturated carbocycles. The molecule has 4 nitrogen and oxygen atoms in total. The van der Waals surface area contributed by atoms with Crippen LogP contribution in [-0.2, 0) is 11.3 Å². The normalized spacial score (nSPS) is 17.6. The third-order valence-electron chi connectivity index (χ3n) is 3.38. The molecule has 106 valence electrons. The van der Waals surface area contributed by atoms with E-state index >= 15 is 0 Å². The lowest BCUT2D eigenvalue weighted by Crippen LogP contribution is -2.35. The molecule has 5 heteroatoms. The summed E-state index contributed by atoms with van der Waals surface area (Å²) in [7, 11) is 0. The summed E-state index contributed by atoms with van der Waals surface area (Å²) in [5, 5.41) is 12.9. The maximum absolute atomic E-state index is 12.0. The topological polar surface area (TPSA) is 61.7 Å². The lowest BCUT2D eigenvalue weighted by molar-refractivity contribution is -0.121. The van der Waals surface area contributed by atoms with Crippen LogP contribution in [0.3, 0.4) is 0 Å². The van der Waals surface area contributed by atoms with E-state index in [2.05, 4.69) is 10.3 Å². The highest BCUT2D eigenvalue weighted by Gasteiger charge is 2.26. The largest absolute Gasteiger partial charge is 0.508 e. The van der Waals surface area contributed by atoms with Crippen LogP contribution in [0.1, 0.15) is 17.0 Å². The zero-order valence-electron chi connectivity index (χ0n) is 11.1. The summed E-state index contributed by atoms with van der Waals surface area (Å²) < 4.78 is 0. The fraction of sp³-hybridized carbons (Fsp3) is 0.125. The second-order valence-corrected chi connectivity index (χ2v) is 5.27. The van der Waals surface area contributed by atoms with Crippen LogP contribution in [0.15, 0.2) is 47.5 Å². The molecule has 0 fully saturated rings. The molecule has 1 unspecified atom stereocenters. The third-order valence-corrected chi connectivity index (χ3v) is 3.61. The van der Waals surface area contributed by atoms with Gasteiger partial charge in [-0.15, -0.1) is 0 Å². The van der Waals surface area contributed by atoms with Crippen LogP contribution in [0.5, 0.6) is 5.75 Å². The molecule has 2 aromatic carbocycles. The summed E-state index contributed by atoms with van der Waals surface area (Å²) in [6.07, 6.45) is 1.59. The summed E-state index contributed by atoms with van der Waals surface area (Å²) in [5.74, 6) is -0.396. The molecule has 1 amide bonds. The third kappa shape index (κ3) is 2.90. The fourth-order valence-electron chi connectivity index (χ4n) is 2.35. The first kappa shape index (κ1) is 13.6. The first-order valence-corrected chi connectivity index (χ1v) is 6.90. The Morgan fingerprint density at radius 1 is 1.29 bits per heavy atom. The number of hydrogen-bond acceptors (Lipinski definition) is 3. The van der Waals surface area contributed by atoms with Crippen LogP contribution in [0.4, 0.5) is 5.69 Å². The van der Waals surface area contributed by atoms with Crippen LogP contribution in [0.25, 0.3) is 0 Å². The number of carbonyl (C=O) groups excluding carboxylic acids is 1. The van der Waals surface area contributed by atoms with Gasteiger partial charge in [-0.25, -0.2) is 0 Å². The Hall–Kier alpha value is -2.33. The monoisotopic (exact) mass is 300 g/mol. The quantitative estimate of drug-likeness (QED) is 0.837. The smallest absolute Gasteiger partial charge is 0.233 e. The highest BCUT2D eigenvalue weighted by molar-refractivity contribution is 6.30. The van der Waals surface area contributed by atoms with Crippen molar-refractivity contribution in [3.63, 3.8) is 0 Å². The highest BCUT2D eigenvalue weighted by atomic mass is 35.5. The van der Waals surface area contributed by atoms with E-state index in [4.69, 9.17) is 11.6 Å². The molecular weight excluding hydrogens is 288 g/mol. The standard InChI is InChI=1S/C16H13ClN2O2/c17-11-4-5-14-10(6-11)8-19-16(21)15(14)9-18-12-2-1-3-13(20)7-12/h1-7,9,15,20H,8H2,(H,19,21). The first-order chi connectivity index (χ1) is 10.1. The van der Waals surface area contributed by atoms with E-state index in [1.807, 2.05) is 12.1 Å². The Balaban J connectivity index is 1.93. The van der Waals surface area contributed by atoms with Gasteiger partial charge < -0.3 is 10.4 Å². The predicted octanol–water partition coefficient (Wildman–Crippen LogP) is 3.16. The molecule has 0 bridgehead atoms. The number of hydrogen-bond donors (Lipinski definition) is 2. The molecule has 1 heterocycles. The van der Waals surface area contributed by atoms with Gasteiger partial charge in [0.05, 0.1) is 11.6 Å². The highest BCUT2D eigenvalue weighted by Crippen LogP contribution is 2.27. The van der Waals surface area contributed by atoms with Gasteiger partial charge in [-0.3, -0.25) is 9.79 Å². The van der Waals surface area contributed by atoms with Crippen molar-refractivity contribution in [2.24, 2.45) is 4.99 Å². The van der Waals surface area contributed by atoms with Crippen molar-refractivity contribution < 1.29 is 9.90 Å². The van der Waals surface area contributed by atoms with Crippen molar-refractivity contribution in [2.45, 2.75) is 12.5 Å². The zero-order valence-corrected chi connectivity index (χ0v) is 11.8. The van der Waals surface area contributed by atoms with E-state index in [0.717, 1.165) is 11.1 Å². The molecule has 1 aliphatic heterocycles. The number of nitrogens with one attached hydrogen (secondary N) is 1. The minimum Gasteiger partial charge on any atom is -0.508 e. The number of aromatic hydroxyl groups is 1. The molecule has 21 heavy (non-hydrogen) atoms. The second kappa shape index (κ2) is 5.58. The van der Waals surface area contributed by atoms with Crippen molar-refractivity contribution in [2.75, 3.05) is 0 Å². The average Bonchev–Trinajstić information content (AvgIpc) is 2.46. The summed E-state index contributed by atoms with van der Waals surface area (Å²) >= 11 is 5.98. The molecule has 0 saturated heterocycles. The van der Waals surface area contributed by atoms with Crippen molar-refractivity contribution in [1.29, 1.82) is 0 Å². The van der Waals surface area contributed by atoms with Gasteiger partial charge in [0, 0.05) is 23.8 Å². The lowest BCUT2D eigenvalue weighted by atomic mass is 9.91. The molecule has 0 aliphatic carbocycles. The van der Waals surface area contributed by atoms with E-state index in [0.29, 0.717) is 17.3 Å². The van der Waals surface area contributed by atoms with E-state index in [1.165, 1.54) is 0 Å². The molecule has 2 aromatic rings. The Bertz CT molecular complexity index is 728. The number of nitrogens with zero attached hydrogens (tertiary/aromatic N) is 1. The van der Waals surface area contributed by atoms with E-state index in [1.54, 1.807) is 36.5 Å². The number of phenols is 1. The number of benzene rings is 2. The Morgan fingerprint density at radius 3 is 2.95 bits per heavy atom. The van der Waals surface area contributed by atoms with Crippen molar-refractivity contribution in [1.82, 2.24) is 5.32 Å². The van der Waals surface area contributed by atoms with Crippen LogP contribution in [0.2, 0.25) is 5.02 Å². The van der Waals surface area contributed by atoms with Gasteiger partial charge in [0.1, 0.15) is 5.75 Å². The number of rotatable bonds is 2. The number of phenolic OH excluding ortho intramolecular Hbond substituents is 1. The predicted molar refractivity (Wildman–Crippen MR) is 82.3 cm³/mol. The van der Waals surface area contributed by atoms with Crippen molar-refractivity contribution >= 4 is 29.4 Å². The molecule has 0 radical (unpaired) electrons. The minimum atomic E-state index is -0.451. The molecule has 1 atom stereocenters. The number of fused-ring (bicyclic) bond motifs is 1. The van der Waals surface area contributed by atoms with Crippen molar-refractivity contribution in [3.8, 4) is 5.75 Å². The molecule has 0 aromatic heterocycles. The van der Waals surface area contributed by atoms with Gasteiger partial charge in [-0.1, -0.05) is 23.7 Å². The Labute approximate surface area is 127 Å². The SMILES string of the molecule is O=C1NCc2cc(Cl)ccc2C1C=Nc1cccc(O)c1. The summed E-state index contributed by atoms with van der Waals surface area (Å²) in [6, 6.07) is 12.1. The van der Waals surface area contributed by atoms with Gasteiger partial charge >= 0.3 is 0 Å². The average molecular weight is 301 g/mol. The van der Waals surface area contributed by atoms with Gasteiger partial charge in [-0.05, 0) is 35.4 Å². The van der Waals surface area contributed by atoms with E-state index in [9.17, 15) is 9.90 Å².